The second kappa shape index (κ2) is 9.68. The number of aryl methyl sites for hydroxylation is 2. The maximum atomic E-state index is 13.3. The van der Waals surface area contributed by atoms with Crippen LogP contribution in [0.5, 0.6) is 0 Å². The third-order valence-electron chi connectivity index (χ3n) is 6.62. The van der Waals surface area contributed by atoms with Gasteiger partial charge in [-0.25, -0.2) is 9.97 Å². The van der Waals surface area contributed by atoms with Crippen molar-refractivity contribution in [2.45, 2.75) is 44.9 Å². The Hall–Kier alpha value is -3.04. The van der Waals surface area contributed by atoms with Crippen molar-refractivity contribution in [3.63, 3.8) is 0 Å². The van der Waals surface area contributed by atoms with Gasteiger partial charge in [0.15, 0.2) is 0 Å². The smallest absolute Gasteiger partial charge is 0.267 e. The lowest BCUT2D eigenvalue weighted by molar-refractivity contribution is -0.299. The number of aliphatic carboxylic acids is 1. The molecule has 0 bridgehead atoms. The first kappa shape index (κ1) is 22.7. The first-order valence-corrected chi connectivity index (χ1v) is 12.6. The Morgan fingerprint density at radius 3 is 2.76 bits per heavy atom. The molecule has 0 spiro atoms. The number of nitrogens with zero attached hydrogens (tertiary/aromatic N) is 4. The zero-order valence-electron chi connectivity index (χ0n) is 19.2. The van der Waals surface area contributed by atoms with Gasteiger partial charge in [0.1, 0.15) is 11.5 Å². The van der Waals surface area contributed by atoms with Crippen LogP contribution < -0.4 is 15.6 Å². The number of rotatable bonds is 7. The zero-order valence-corrected chi connectivity index (χ0v) is 20.0. The first-order chi connectivity index (χ1) is 16.5. The van der Waals surface area contributed by atoms with Crippen LogP contribution in [-0.2, 0) is 22.4 Å². The van der Waals surface area contributed by atoms with E-state index >= 15 is 0 Å². The maximum Gasteiger partial charge on any atom is 0.267 e. The summed E-state index contributed by atoms with van der Waals surface area (Å²) < 4.78 is 6.91. The molecule has 4 heterocycles. The van der Waals surface area contributed by atoms with Gasteiger partial charge < -0.3 is 19.5 Å². The number of fused-ring (bicyclic) bond motifs is 1. The fraction of sp³-hybridized carbons (Fsp3) is 0.440. The number of morpholine rings is 1. The van der Waals surface area contributed by atoms with Gasteiger partial charge >= 0.3 is 0 Å². The van der Waals surface area contributed by atoms with Crippen LogP contribution in [0.2, 0.25) is 0 Å². The normalized spacial score (nSPS) is 17.2. The van der Waals surface area contributed by atoms with Crippen LogP contribution in [0, 0.1) is 0 Å². The zero-order chi connectivity index (χ0) is 23.7. The summed E-state index contributed by atoms with van der Waals surface area (Å²) in [6.07, 6.45) is 8.53. The molecule has 1 aliphatic heterocycles. The molecule has 0 N–H and O–H groups in total. The molecule has 1 saturated carbocycles. The molecule has 9 heteroatoms. The van der Waals surface area contributed by atoms with E-state index in [1.807, 2.05) is 17.0 Å². The molecule has 5 rings (SSSR count). The minimum Gasteiger partial charge on any atom is -0.545 e. The number of carboxylic acid groups (broad SMARTS) is 1. The fourth-order valence-electron chi connectivity index (χ4n) is 4.34. The molecule has 0 amide bonds. The number of carboxylic acids is 1. The van der Waals surface area contributed by atoms with E-state index in [0.717, 1.165) is 23.4 Å². The van der Waals surface area contributed by atoms with E-state index in [1.165, 1.54) is 42.4 Å². The van der Waals surface area contributed by atoms with Gasteiger partial charge in [0.2, 0.25) is 0 Å². The minimum absolute atomic E-state index is 0.0188. The van der Waals surface area contributed by atoms with Crippen LogP contribution in [-0.4, -0.2) is 46.6 Å². The number of ether oxygens (including phenoxy) is 1. The highest BCUT2D eigenvalue weighted by Gasteiger charge is 2.22. The van der Waals surface area contributed by atoms with E-state index in [4.69, 9.17) is 14.7 Å². The second-order valence-corrected chi connectivity index (χ2v) is 9.87. The van der Waals surface area contributed by atoms with E-state index < -0.39 is 5.97 Å². The minimum atomic E-state index is -1.31. The molecule has 0 aromatic carbocycles. The lowest BCUT2D eigenvalue weighted by Gasteiger charge is -2.29. The lowest BCUT2D eigenvalue weighted by Crippen LogP contribution is -2.38. The van der Waals surface area contributed by atoms with Gasteiger partial charge in [0.25, 0.3) is 5.56 Å². The van der Waals surface area contributed by atoms with Crippen molar-refractivity contribution >= 4 is 34.8 Å². The number of carbonyl (C=O) groups excluding carboxylic acids is 1. The van der Waals surface area contributed by atoms with E-state index in [0.29, 0.717) is 43.7 Å². The van der Waals surface area contributed by atoms with Gasteiger partial charge in [0.05, 0.1) is 35.4 Å². The average Bonchev–Trinajstić information content (AvgIpc) is 3.26. The number of hydrogen-bond donors (Lipinski definition) is 0. The molecule has 0 unspecified atom stereocenters. The summed E-state index contributed by atoms with van der Waals surface area (Å²) in [4.78, 5) is 36.2. The predicted molar refractivity (Wildman–Crippen MR) is 129 cm³/mol. The highest BCUT2D eigenvalue weighted by Crippen LogP contribution is 2.36. The van der Waals surface area contributed by atoms with Crippen LogP contribution >= 0.6 is 11.3 Å². The molecule has 178 valence electrons. The molecular weight excluding hydrogens is 452 g/mol. The monoisotopic (exact) mass is 479 g/mol. The summed E-state index contributed by atoms with van der Waals surface area (Å²) in [6, 6.07) is 3.86. The summed E-state index contributed by atoms with van der Waals surface area (Å²) in [5.74, 6) is -0.185. The maximum absolute atomic E-state index is 13.3. The number of aromatic nitrogens is 3. The van der Waals surface area contributed by atoms with Crippen LogP contribution in [0.4, 0.5) is 5.82 Å². The highest BCUT2D eigenvalue weighted by molar-refractivity contribution is 7.09. The van der Waals surface area contributed by atoms with Crippen molar-refractivity contribution in [2.24, 2.45) is 0 Å². The van der Waals surface area contributed by atoms with E-state index in [9.17, 15) is 14.7 Å². The Morgan fingerprint density at radius 1 is 1.26 bits per heavy atom. The first-order valence-electron chi connectivity index (χ1n) is 11.7. The van der Waals surface area contributed by atoms with Crippen LogP contribution in [0.3, 0.4) is 0 Å². The standard InChI is InChI=1S/C25H28N4O4S/c1-16(25(31)32)13-19-23(28-9-11-33-12-10-28)27-21-14-17(7-8-29(21)24(19)30)5-6-22-26-20(15-34-22)18-3-2-4-18/h7-8,13-15,18H,2-6,9-12H2,1H3,(H,31,32)/p-1/b16-13+. The van der Waals surface area contributed by atoms with Gasteiger partial charge in [-0.15, -0.1) is 11.3 Å². The molecule has 3 aromatic rings. The van der Waals surface area contributed by atoms with Gasteiger partial charge in [0, 0.05) is 37.0 Å². The molecular formula is C25H27N4O4S-. The van der Waals surface area contributed by atoms with Crippen molar-refractivity contribution in [3.05, 3.63) is 61.5 Å². The molecule has 2 fully saturated rings. The molecule has 8 nitrogen and oxygen atoms in total. The van der Waals surface area contributed by atoms with Crippen LogP contribution in [0.15, 0.2) is 34.1 Å². The number of hydrogen-bond acceptors (Lipinski definition) is 8. The highest BCUT2D eigenvalue weighted by atomic mass is 32.1. The topological polar surface area (TPSA) is 99.9 Å². The molecule has 2 aliphatic rings. The van der Waals surface area contributed by atoms with Gasteiger partial charge in [-0.05, 0) is 55.5 Å². The lowest BCUT2D eigenvalue weighted by atomic mass is 9.83. The van der Waals surface area contributed by atoms with E-state index in [2.05, 4.69) is 5.38 Å². The summed E-state index contributed by atoms with van der Waals surface area (Å²) >= 11 is 1.72. The van der Waals surface area contributed by atoms with Gasteiger partial charge in [-0.3, -0.25) is 9.20 Å². The largest absolute Gasteiger partial charge is 0.545 e. The van der Waals surface area contributed by atoms with Crippen LogP contribution in [0.25, 0.3) is 11.7 Å². The van der Waals surface area contributed by atoms with Crippen molar-refractivity contribution in [1.82, 2.24) is 14.4 Å². The van der Waals surface area contributed by atoms with Crippen molar-refractivity contribution in [2.75, 3.05) is 31.2 Å². The van der Waals surface area contributed by atoms with Crippen LogP contribution in [0.1, 0.15) is 53.9 Å². The van der Waals surface area contributed by atoms with Gasteiger partial charge in [-0.1, -0.05) is 6.42 Å². The number of carbonyl (C=O) groups is 1. The molecule has 1 aliphatic carbocycles. The van der Waals surface area contributed by atoms with Crippen molar-refractivity contribution < 1.29 is 14.6 Å². The summed E-state index contributed by atoms with van der Waals surface area (Å²) in [7, 11) is 0. The Morgan fingerprint density at radius 2 is 2.06 bits per heavy atom. The number of thiazole rings is 1. The summed E-state index contributed by atoms with van der Waals surface area (Å²) in [5, 5.41) is 14.6. The third kappa shape index (κ3) is 4.63. The molecule has 0 atom stereocenters. The van der Waals surface area contributed by atoms with Crippen molar-refractivity contribution in [1.29, 1.82) is 0 Å². The fourth-order valence-corrected chi connectivity index (χ4v) is 5.22. The quantitative estimate of drug-likeness (QED) is 0.479. The second-order valence-electron chi connectivity index (χ2n) is 8.93. The van der Waals surface area contributed by atoms with E-state index in [-0.39, 0.29) is 16.7 Å². The predicted octanol–water partition coefficient (Wildman–Crippen LogP) is 2.19. The molecule has 1 saturated heterocycles. The SMILES string of the molecule is C/C(=C\c1c(N2CCOCC2)nc2cc(CCc3nc(C4CCC4)cs3)ccn2c1=O)C(=O)[O-]. The average molecular weight is 480 g/mol. The molecule has 3 aromatic heterocycles. The summed E-state index contributed by atoms with van der Waals surface area (Å²) in [5.41, 5.74) is 2.79. The summed E-state index contributed by atoms with van der Waals surface area (Å²) in [6.45, 7) is 3.65. The Labute approximate surface area is 201 Å². The molecule has 34 heavy (non-hydrogen) atoms. The van der Waals surface area contributed by atoms with Crippen molar-refractivity contribution in [3.8, 4) is 0 Å². The number of pyridine rings is 1. The third-order valence-corrected chi connectivity index (χ3v) is 7.55. The Balaban J connectivity index is 1.46. The molecule has 0 radical (unpaired) electrons. The Bertz CT molecular complexity index is 1300. The van der Waals surface area contributed by atoms with Gasteiger partial charge in [-0.2, -0.15) is 0 Å². The Kier molecular flexibility index (Phi) is 6.47. The van der Waals surface area contributed by atoms with E-state index in [1.54, 1.807) is 17.5 Å². The number of anilines is 1.